The molecule has 3 rings (SSSR count). The van der Waals surface area contributed by atoms with Gasteiger partial charge in [-0.2, -0.15) is 5.10 Å². The summed E-state index contributed by atoms with van der Waals surface area (Å²) in [5, 5.41) is 7.73. The third kappa shape index (κ3) is 3.52. The molecule has 0 amide bonds. The monoisotopic (exact) mass is 390 g/mol. The minimum Gasteiger partial charge on any atom is -0.494 e. The van der Waals surface area contributed by atoms with Crippen molar-refractivity contribution in [2.75, 3.05) is 25.6 Å². The molecule has 0 radical (unpaired) electrons. The Labute approximate surface area is 148 Å². The van der Waals surface area contributed by atoms with Crippen molar-refractivity contribution < 1.29 is 9.47 Å². The van der Waals surface area contributed by atoms with Gasteiger partial charge in [0.15, 0.2) is 5.82 Å². The lowest BCUT2D eigenvalue weighted by molar-refractivity contribution is 0.186. The first-order chi connectivity index (χ1) is 11.7. The van der Waals surface area contributed by atoms with Gasteiger partial charge in [-0.25, -0.2) is 9.50 Å². The van der Waals surface area contributed by atoms with Crippen LogP contribution in [0.5, 0.6) is 5.75 Å². The van der Waals surface area contributed by atoms with Crippen molar-refractivity contribution in [3.63, 3.8) is 0 Å². The summed E-state index contributed by atoms with van der Waals surface area (Å²) >= 11 is 3.52. The number of nitrogens with zero attached hydrogens (tertiary/aromatic N) is 3. The topological polar surface area (TPSA) is 60.7 Å². The minimum absolute atomic E-state index is 0.0359. The van der Waals surface area contributed by atoms with Crippen LogP contribution in [-0.4, -0.2) is 34.9 Å². The maximum Gasteiger partial charge on any atom is 0.153 e. The molecule has 0 fully saturated rings. The molecule has 2 heterocycles. The second kappa shape index (κ2) is 7.63. The third-order valence-corrected chi connectivity index (χ3v) is 4.20. The predicted octanol–water partition coefficient (Wildman–Crippen LogP) is 3.69. The van der Waals surface area contributed by atoms with Crippen LogP contribution in [0.1, 0.15) is 18.5 Å². The SMILES string of the molecule is CCOc1ccc(C(COC)Nc2nccn3ncc(Br)c23)cc1. The van der Waals surface area contributed by atoms with E-state index in [1.807, 2.05) is 37.4 Å². The molecule has 1 N–H and O–H groups in total. The van der Waals surface area contributed by atoms with Gasteiger partial charge in [-0.3, -0.25) is 0 Å². The highest BCUT2D eigenvalue weighted by molar-refractivity contribution is 9.10. The van der Waals surface area contributed by atoms with Crippen LogP contribution in [0.25, 0.3) is 5.52 Å². The predicted molar refractivity (Wildman–Crippen MR) is 96.5 cm³/mol. The van der Waals surface area contributed by atoms with Crippen molar-refractivity contribution in [2.24, 2.45) is 0 Å². The number of benzene rings is 1. The van der Waals surface area contributed by atoms with Gasteiger partial charge in [0.2, 0.25) is 0 Å². The van der Waals surface area contributed by atoms with Gasteiger partial charge in [-0.15, -0.1) is 0 Å². The van der Waals surface area contributed by atoms with Crippen LogP contribution in [0.4, 0.5) is 5.82 Å². The molecule has 126 valence electrons. The third-order valence-electron chi connectivity index (χ3n) is 3.62. The van der Waals surface area contributed by atoms with Crippen LogP contribution < -0.4 is 10.1 Å². The highest BCUT2D eigenvalue weighted by Gasteiger charge is 2.16. The lowest BCUT2D eigenvalue weighted by atomic mass is 10.1. The van der Waals surface area contributed by atoms with Crippen LogP contribution in [-0.2, 0) is 4.74 Å². The largest absolute Gasteiger partial charge is 0.494 e. The van der Waals surface area contributed by atoms with Crippen molar-refractivity contribution in [3.05, 3.63) is 52.9 Å². The van der Waals surface area contributed by atoms with E-state index >= 15 is 0 Å². The van der Waals surface area contributed by atoms with E-state index in [1.165, 1.54) is 0 Å². The zero-order valence-corrected chi connectivity index (χ0v) is 15.2. The van der Waals surface area contributed by atoms with E-state index in [1.54, 1.807) is 24.0 Å². The number of hydrogen-bond donors (Lipinski definition) is 1. The fraction of sp³-hybridized carbons (Fsp3) is 0.294. The minimum atomic E-state index is -0.0359. The van der Waals surface area contributed by atoms with Crippen LogP contribution in [0, 0.1) is 0 Å². The Kier molecular flexibility index (Phi) is 5.32. The van der Waals surface area contributed by atoms with E-state index in [4.69, 9.17) is 9.47 Å². The number of anilines is 1. The number of fused-ring (bicyclic) bond motifs is 1. The van der Waals surface area contributed by atoms with Gasteiger partial charge in [0.1, 0.15) is 11.3 Å². The molecular weight excluding hydrogens is 372 g/mol. The first-order valence-corrected chi connectivity index (χ1v) is 8.48. The van der Waals surface area contributed by atoms with Crippen molar-refractivity contribution in [2.45, 2.75) is 13.0 Å². The van der Waals surface area contributed by atoms with Gasteiger partial charge in [-0.1, -0.05) is 12.1 Å². The maximum absolute atomic E-state index is 5.50. The van der Waals surface area contributed by atoms with Gasteiger partial charge in [-0.05, 0) is 40.5 Å². The van der Waals surface area contributed by atoms with E-state index < -0.39 is 0 Å². The van der Waals surface area contributed by atoms with E-state index in [0.29, 0.717) is 13.2 Å². The Morgan fingerprint density at radius 3 is 2.79 bits per heavy atom. The molecule has 0 saturated heterocycles. The van der Waals surface area contributed by atoms with E-state index in [-0.39, 0.29) is 6.04 Å². The Bertz CT molecular complexity index is 804. The number of rotatable bonds is 7. The molecule has 24 heavy (non-hydrogen) atoms. The average molecular weight is 391 g/mol. The molecule has 1 unspecified atom stereocenters. The number of hydrogen-bond acceptors (Lipinski definition) is 5. The Hall–Kier alpha value is -2.12. The molecule has 0 bridgehead atoms. The Morgan fingerprint density at radius 2 is 2.08 bits per heavy atom. The van der Waals surface area contributed by atoms with Gasteiger partial charge in [0, 0.05) is 19.5 Å². The summed E-state index contributed by atoms with van der Waals surface area (Å²) in [7, 11) is 1.69. The number of halogens is 1. The molecule has 0 saturated carbocycles. The summed E-state index contributed by atoms with van der Waals surface area (Å²) < 4.78 is 13.5. The fourth-order valence-corrected chi connectivity index (χ4v) is 2.99. The lowest BCUT2D eigenvalue weighted by Gasteiger charge is -2.20. The maximum atomic E-state index is 5.50. The summed E-state index contributed by atoms with van der Waals surface area (Å²) in [5.74, 6) is 1.61. The molecule has 0 spiro atoms. The average Bonchev–Trinajstić information content (AvgIpc) is 2.98. The van der Waals surface area contributed by atoms with Gasteiger partial charge >= 0.3 is 0 Å². The molecule has 1 aromatic carbocycles. The molecule has 2 aromatic heterocycles. The number of aromatic nitrogens is 3. The van der Waals surface area contributed by atoms with Crippen molar-refractivity contribution in [1.29, 1.82) is 0 Å². The molecule has 0 aliphatic heterocycles. The van der Waals surface area contributed by atoms with E-state index in [9.17, 15) is 0 Å². The summed E-state index contributed by atoms with van der Waals surface area (Å²) in [6.45, 7) is 3.14. The molecule has 7 heteroatoms. The number of nitrogens with one attached hydrogen (secondary N) is 1. The van der Waals surface area contributed by atoms with E-state index in [2.05, 4.69) is 31.3 Å². The quantitative estimate of drug-likeness (QED) is 0.666. The highest BCUT2D eigenvalue weighted by atomic mass is 79.9. The molecule has 0 aliphatic rings. The van der Waals surface area contributed by atoms with Crippen LogP contribution in [0.2, 0.25) is 0 Å². The van der Waals surface area contributed by atoms with Gasteiger partial charge < -0.3 is 14.8 Å². The standard InChI is InChI=1S/C17H19BrN4O2/c1-3-24-13-6-4-12(5-7-13)15(11-23-2)21-17-16-14(18)10-20-22(16)9-8-19-17/h4-10,15H,3,11H2,1-2H3,(H,19,21). The Balaban J connectivity index is 1.89. The second-order valence-corrected chi connectivity index (χ2v) is 6.07. The normalized spacial score (nSPS) is 12.3. The molecule has 6 nitrogen and oxygen atoms in total. The summed E-state index contributed by atoms with van der Waals surface area (Å²) in [4.78, 5) is 4.45. The lowest BCUT2D eigenvalue weighted by Crippen LogP contribution is -2.17. The smallest absolute Gasteiger partial charge is 0.153 e. The second-order valence-electron chi connectivity index (χ2n) is 5.22. The van der Waals surface area contributed by atoms with Crippen molar-refractivity contribution in [1.82, 2.24) is 14.6 Å². The Morgan fingerprint density at radius 1 is 1.29 bits per heavy atom. The van der Waals surface area contributed by atoms with Crippen LogP contribution >= 0.6 is 15.9 Å². The first kappa shape index (κ1) is 16.7. The fourth-order valence-electron chi connectivity index (χ4n) is 2.53. The molecule has 1 atom stereocenters. The number of ether oxygens (including phenoxy) is 2. The summed E-state index contributed by atoms with van der Waals surface area (Å²) in [6, 6.07) is 7.96. The number of methoxy groups -OCH3 is 1. The van der Waals surface area contributed by atoms with Crippen LogP contribution in [0.3, 0.4) is 0 Å². The van der Waals surface area contributed by atoms with Gasteiger partial charge in [0.05, 0.1) is 29.9 Å². The molecule has 3 aromatic rings. The zero-order chi connectivity index (χ0) is 16.9. The molecular formula is C17H19BrN4O2. The summed E-state index contributed by atoms with van der Waals surface area (Å²) in [6.07, 6.45) is 5.29. The summed E-state index contributed by atoms with van der Waals surface area (Å²) in [5.41, 5.74) is 1.99. The molecule has 0 aliphatic carbocycles. The first-order valence-electron chi connectivity index (χ1n) is 7.69. The van der Waals surface area contributed by atoms with Gasteiger partial charge in [0.25, 0.3) is 0 Å². The van der Waals surface area contributed by atoms with E-state index in [0.717, 1.165) is 27.1 Å². The van der Waals surface area contributed by atoms with Crippen molar-refractivity contribution in [3.8, 4) is 5.75 Å². The zero-order valence-electron chi connectivity index (χ0n) is 13.6. The highest BCUT2D eigenvalue weighted by Crippen LogP contribution is 2.27. The van der Waals surface area contributed by atoms with Crippen LogP contribution in [0.15, 0.2) is 47.3 Å². The van der Waals surface area contributed by atoms with Crippen molar-refractivity contribution >= 4 is 27.3 Å².